The number of aryl methyl sites for hydroxylation is 2. The molecule has 0 aliphatic heterocycles. The van der Waals surface area contributed by atoms with Crippen molar-refractivity contribution in [3.63, 3.8) is 0 Å². The second-order valence-electron chi connectivity index (χ2n) is 9.20. The topological polar surface area (TPSA) is 73.2 Å². The van der Waals surface area contributed by atoms with Crippen molar-refractivity contribution in [2.45, 2.75) is 20.8 Å². The van der Waals surface area contributed by atoms with Gasteiger partial charge in [-0.15, -0.1) is 0 Å². The average molecular weight is 520 g/mol. The van der Waals surface area contributed by atoms with Crippen LogP contribution in [0.5, 0.6) is 5.88 Å². The molecule has 194 valence electrons. The van der Waals surface area contributed by atoms with E-state index in [1.807, 2.05) is 62.4 Å². The molecule has 7 heteroatoms. The first-order valence-electron chi connectivity index (χ1n) is 12.4. The maximum atomic E-state index is 14.1. The number of aromatic nitrogens is 2. The Morgan fingerprint density at radius 2 is 1.46 bits per heavy atom. The molecule has 39 heavy (non-hydrogen) atoms. The summed E-state index contributed by atoms with van der Waals surface area (Å²) in [5, 5.41) is 7.65. The summed E-state index contributed by atoms with van der Waals surface area (Å²) in [5.74, 6) is -1.33. The van der Waals surface area contributed by atoms with Crippen molar-refractivity contribution in [3.8, 4) is 34.0 Å². The van der Waals surface area contributed by atoms with E-state index < -0.39 is 17.7 Å². The lowest BCUT2D eigenvalue weighted by Gasteiger charge is -2.12. The van der Waals surface area contributed by atoms with Crippen LogP contribution in [0.25, 0.3) is 28.1 Å². The number of ether oxygens (including phenoxy) is 1. The van der Waals surface area contributed by atoms with Crippen molar-refractivity contribution in [1.82, 2.24) is 9.78 Å². The number of carbonyl (C=O) groups excluding carboxylic acids is 2. The number of halogens is 1. The highest BCUT2D eigenvalue weighted by molar-refractivity contribution is 6.04. The number of carbonyl (C=O) groups is 2. The molecule has 5 aromatic rings. The van der Waals surface area contributed by atoms with Gasteiger partial charge in [0.15, 0.2) is 0 Å². The van der Waals surface area contributed by atoms with Crippen LogP contribution in [-0.2, 0) is 4.79 Å². The fraction of sp³-hybridized carbons (Fsp3) is 0.0938. The Balaban J connectivity index is 1.62. The highest BCUT2D eigenvalue weighted by Crippen LogP contribution is 2.41. The van der Waals surface area contributed by atoms with Gasteiger partial charge in [-0.25, -0.2) is 4.39 Å². The molecule has 0 saturated heterocycles. The first kappa shape index (κ1) is 25.6. The molecule has 5 rings (SSSR count). The van der Waals surface area contributed by atoms with E-state index in [4.69, 9.17) is 9.84 Å². The quantitative estimate of drug-likeness (QED) is 0.242. The maximum absolute atomic E-state index is 14.1. The Morgan fingerprint density at radius 1 is 0.821 bits per heavy atom. The summed E-state index contributed by atoms with van der Waals surface area (Å²) in [6.45, 7) is 5.33. The number of hydrogen-bond acceptors (Lipinski definition) is 4. The summed E-state index contributed by atoms with van der Waals surface area (Å²) >= 11 is 0. The second kappa shape index (κ2) is 10.8. The molecule has 0 fully saturated rings. The van der Waals surface area contributed by atoms with Crippen LogP contribution < -0.4 is 10.1 Å². The van der Waals surface area contributed by atoms with Crippen LogP contribution in [0.15, 0.2) is 97.1 Å². The lowest BCUT2D eigenvalue weighted by Crippen LogP contribution is -2.13. The van der Waals surface area contributed by atoms with Gasteiger partial charge in [0.05, 0.1) is 16.8 Å². The predicted octanol–water partition coefficient (Wildman–Crippen LogP) is 7.14. The van der Waals surface area contributed by atoms with E-state index in [9.17, 15) is 14.0 Å². The third kappa shape index (κ3) is 5.33. The van der Waals surface area contributed by atoms with Crippen molar-refractivity contribution in [1.29, 1.82) is 0 Å². The maximum Gasteiger partial charge on any atom is 0.309 e. The zero-order valence-electron chi connectivity index (χ0n) is 21.7. The molecule has 0 spiro atoms. The lowest BCUT2D eigenvalue weighted by atomic mass is 10.00. The monoisotopic (exact) mass is 519 g/mol. The van der Waals surface area contributed by atoms with Crippen LogP contribution in [0.2, 0.25) is 0 Å². The van der Waals surface area contributed by atoms with Crippen LogP contribution >= 0.6 is 0 Å². The molecule has 0 unspecified atom stereocenters. The second-order valence-corrected chi connectivity index (χ2v) is 9.20. The number of rotatable bonds is 6. The minimum atomic E-state index is -0.594. The third-order valence-electron chi connectivity index (χ3n) is 6.30. The fourth-order valence-electron chi connectivity index (χ4n) is 4.34. The number of para-hydroxylation sites is 1. The lowest BCUT2D eigenvalue weighted by molar-refractivity contribution is -0.132. The standard InChI is InChI=1S/C32H26FN3O3/c1-20-12-14-24(15-13-20)30-29(32(39-22(3)37)36(35-30)28-11-7-4-8-21(28)2)23-16-18-25(19-17-23)34-31(38)26-9-5-6-10-27(26)33/h4-19H,1-3H3,(H,34,38). The molecule has 6 nitrogen and oxygen atoms in total. The average Bonchev–Trinajstić information content (AvgIpc) is 3.28. The van der Waals surface area contributed by atoms with Crippen molar-refractivity contribution in [3.05, 3.63) is 120 Å². The van der Waals surface area contributed by atoms with Gasteiger partial charge in [-0.2, -0.15) is 9.78 Å². The van der Waals surface area contributed by atoms with Gasteiger partial charge in [-0.1, -0.05) is 72.3 Å². The van der Waals surface area contributed by atoms with Gasteiger partial charge < -0.3 is 10.1 Å². The van der Waals surface area contributed by atoms with Gasteiger partial charge in [0.2, 0.25) is 5.88 Å². The number of nitrogens with zero attached hydrogens (tertiary/aromatic N) is 2. The first-order valence-corrected chi connectivity index (χ1v) is 12.4. The summed E-state index contributed by atoms with van der Waals surface area (Å²) in [6, 6.07) is 28.5. The van der Waals surface area contributed by atoms with Crippen molar-refractivity contribution < 1.29 is 18.7 Å². The SMILES string of the molecule is CC(=O)Oc1c(-c2ccc(NC(=O)c3ccccc3F)cc2)c(-c2ccc(C)cc2)nn1-c1ccccc1C. The van der Waals surface area contributed by atoms with E-state index in [0.29, 0.717) is 16.9 Å². The summed E-state index contributed by atoms with van der Waals surface area (Å²) < 4.78 is 21.5. The van der Waals surface area contributed by atoms with Gasteiger partial charge in [-0.05, 0) is 55.3 Å². The van der Waals surface area contributed by atoms with E-state index in [1.165, 1.54) is 25.1 Å². The van der Waals surface area contributed by atoms with Crippen LogP contribution in [0.3, 0.4) is 0 Å². The third-order valence-corrected chi connectivity index (χ3v) is 6.30. The van der Waals surface area contributed by atoms with Crippen molar-refractivity contribution in [2.24, 2.45) is 0 Å². The van der Waals surface area contributed by atoms with Crippen LogP contribution in [0.4, 0.5) is 10.1 Å². The number of anilines is 1. The Hall–Kier alpha value is -5.04. The number of benzene rings is 4. The molecule has 4 aromatic carbocycles. The van der Waals surface area contributed by atoms with Gasteiger partial charge in [-0.3, -0.25) is 9.59 Å². The fourth-order valence-corrected chi connectivity index (χ4v) is 4.34. The number of amides is 1. The molecular formula is C32H26FN3O3. The van der Waals surface area contributed by atoms with Crippen LogP contribution in [0.1, 0.15) is 28.4 Å². The summed E-state index contributed by atoms with van der Waals surface area (Å²) in [5.41, 5.74) is 6.14. The zero-order chi connectivity index (χ0) is 27.5. The largest absolute Gasteiger partial charge is 0.407 e. The Bertz CT molecular complexity index is 1670. The van der Waals surface area contributed by atoms with Gasteiger partial charge in [0, 0.05) is 18.2 Å². The Kier molecular flexibility index (Phi) is 7.06. The van der Waals surface area contributed by atoms with Crippen molar-refractivity contribution in [2.75, 3.05) is 5.32 Å². The normalized spacial score (nSPS) is 10.8. The number of esters is 1. The van der Waals surface area contributed by atoms with Gasteiger partial charge in [0.25, 0.3) is 5.91 Å². The minimum absolute atomic E-state index is 0.0418. The molecule has 0 radical (unpaired) electrons. The van der Waals surface area contributed by atoms with E-state index in [2.05, 4.69) is 5.32 Å². The van der Waals surface area contributed by atoms with E-state index >= 15 is 0 Å². The molecule has 1 heterocycles. The summed E-state index contributed by atoms with van der Waals surface area (Å²) in [4.78, 5) is 24.9. The molecule has 0 aliphatic carbocycles. The molecule has 1 N–H and O–H groups in total. The van der Waals surface area contributed by atoms with Crippen molar-refractivity contribution >= 4 is 17.6 Å². The molecular weight excluding hydrogens is 493 g/mol. The van der Waals surface area contributed by atoms with Gasteiger partial charge in [0.1, 0.15) is 11.5 Å². The molecule has 0 aliphatic rings. The van der Waals surface area contributed by atoms with E-state index in [-0.39, 0.29) is 11.4 Å². The summed E-state index contributed by atoms with van der Waals surface area (Å²) in [6.07, 6.45) is 0. The molecule has 1 aromatic heterocycles. The Labute approximate surface area is 225 Å². The van der Waals surface area contributed by atoms with Crippen LogP contribution in [0, 0.1) is 19.7 Å². The highest BCUT2D eigenvalue weighted by atomic mass is 19.1. The molecule has 0 atom stereocenters. The zero-order valence-corrected chi connectivity index (χ0v) is 21.7. The molecule has 0 bridgehead atoms. The Morgan fingerprint density at radius 3 is 2.13 bits per heavy atom. The molecule has 0 saturated carbocycles. The van der Waals surface area contributed by atoms with E-state index in [0.717, 1.165) is 27.9 Å². The van der Waals surface area contributed by atoms with Crippen LogP contribution in [-0.4, -0.2) is 21.7 Å². The van der Waals surface area contributed by atoms with Gasteiger partial charge >= 0.3 is 5.97 Å². The first-order chi connectivity index (χ1) is 18.8. The smallest absolute Gasteiger partial charge is 0.309 e. The highest BCUT2D eigenvalue weighted by Gasteiger charge is 2.25. The minimum Gasteiger partial charge on any atom is -0.407 e. The molecule has 1 amide bonds. The number of hydrogen-bond donors (Lipinski definition) is 1. The predicted molar refractivity (Wildman–Crippen MR) is 150 cm³/mol. The summed E-state index contributed by atoms with van der Waals surface area (Å²) in [7, 11) is 0. The number of nitrogens with one attached hydrogen (secondary N) is 1. The van der Waals surface area contributed by atoms with E-state index in [1.54, 1.807) is 35.0 Å².